The number of thiophene rings is 1. The van der Waals surface area contributed by atoms with Gasteiger partial charge in [0.05, 0.1) is 10.8 Å². The van der Waals surface area contributed by atoms with Crippen LogP contribution in [0.1, 0.15) is 44.7 Å². The molecular formula is C21H25N3O2S2. The minimum Gasteiger partial charge on any atom is -0.325 e. The zero-order valence-corrected chi connectivity index (χ0v) is 18.4. The summed E-state index contributed by atoms with van der Waals surface area (Å²) < 4.78 is 2.30. The average Bonchev–Trinajstić information content (AvgIpc) is 3.12. The molecule has 1 amide bonds. The van der Waals surface area contributed by atoms with Gasteiger partial charge in [-0.25, -0.2) is 4.98 Å². The van der Waals surface area contributed by atoms with Crippen LogP contribution in [0.15, 0.2) is 39.6 Å². The van der Waals surface area contributed by atoms with E-state index < -0.39 is 0 Å². The molecule has 2 heterocycles. The second kappa shape index (κ2) is 8.49. The fourth-order valence-corrected chi connectivity index (χ4v) is 4.82. The molecule has 0 radical (unpaired) electrons. The first-order valence-electron chi connectivity index (χ1n) is 9.38. The Hall–Kier alpha value is -2.12. The summed E-state index contributed by atoms with van der Waals surface area (Å²) in [5, 5.41) is 5.15. The number of hydrogen-bond acceptors (Lipinski definition) is 5. The Morgan fingerprint density at radius 1 is 1.29 bits per heavy atom. The molecule has 0 aliphatic heterocycles. The molecule has 0 saturated heterocycles. The van der Waals surface area contributed by atoms with Gasteiger partial charge in [-0.2, -0.15) is 0 Å². The van der Waals surface area contributed by atoms with E-state index in [2.05, 4.69) is 24.1 Å². The quantitative estimate of drug-likeness (QED) is 0.453. The van der Waals surface area contributed by atoms with Crippen LogP contribution in [0.5, 0.6) is 0 Å². The minimum absolute atomic E-state index is 0.0430. The van der Waals surface area contributed by atoms with Crippen molar-refractivity contribution < 1.29 is 4.79 Å². The van der Waals surface area contributed by atoms with Crippen LogP contribution in [-0.4, -0.2) is 20.7 Å². The molecule has 148 valence electrons. The van der Waals surface area contributed by atoms with E-state index in [1.54, 1.807) is 4.57 Å². The van der Waals surface area contributed by atoms with E-state index in [0.717, 1.165) is 16.8 Å². The van der Waals surface area contributed by atoms with Gasteiger partial charge >= 0.3 is 0 Å². The van der Waals surface area contributed by atoms with Crippen LogP contribution < -0.4 is 10.9 Å². The van der Waals surface area contributed by atoms with Crippen molar-refractivity contribution in [2.75, 3.05) is 5.32 Å². The average molecular weight is 416 g/mol. The van der Waals surface area contributed by atoms with Gasteiger partial charge < -0.3 is 5.32 Å². The first-order chi connectivity index (χ1) is 13.3. The lowest BCUT2D eigenvalue weighted by Crippen LogP contribution is -2.27. The second-order valence-corrected chi connectivity index (χ2v) is 9.25. The maximum absolute atomic E-state index is 12.9. The topological polar surface area (TPSA) is 64.0 Å². The van der Waals surface area contributed by atoms with E-state index >= 15 is 0 Å². The summed E-state index contributed by atoms with van der Waals surface area (Å²) in [7, 11) is 0. The van der Waals surface area contributed by atoms with Gasteiger partial charge in [0.15, 0.2) is 5.16 Å². The number of benzene rings is 1. The summed E-state index contributed by atoms with van der Waals surface area (Å²) in [5.41, 5.74) is 3.69. The number of para-hydroxylation sites is 1. The number of anilines is 1. The molecule has 28 heavy (non-hydrogen) atoms. The molecule has 1 atom stereocenters. The van der Waals surface area contributed by atoms with Crippen LogP contribution in [0, 0.1) is 6.92 Å². The Bertz CT molecular complexity index is 1070. The summed E-state index contributed by atoms with van der Waals surface area (Å²) in [6, 6.07) is 7.91. The van der Waals surface area contributed by atoms with Crippen LogP contribution in [0.3, 0.4) is 0 Å². The summed E-state index contributed by atoms with van der Waals surface area (Å²) in [6.07, 6.45) is 0. The summed E-state index contributed by atoms with van der Waals surface area (Å²) in [6.45, 7) is 10.5. The van der Waals surface area contributed by atoms with Crippen LogP contribution in [0.25, 0.3) is 10.2 Å². The van der Waals surface area contributed by atoms with Crippen molar-refractivity contribution in [3.8, 4) is 0 Å². The van der Waals surface area contributed by atoms with Gasteiger partial charge in [-0.05, 0) is 49.3 Å². The van der Waals surface area contributed by atoms with Crippen LogP contribution in [-0.2, 0) is 11.3 Å². The van der Waals surface area contributed by atoms with Crippen molar-refractivity contribution in [2.24, 2.45) is 0 Å². The number of carbonyl (C=O) groups is 1. The third-order valence-electron chi connectivity index (χ3n) is 4.67. The minimum atomic E-state index is -0.389. The predicted octanol–water partition coefficient (Wildman–Crippen LogP) is 5.03. The Morgan fingerprint density at radius 3 is 2.71 bits per heavy atom. The number of hydrogen-bond donors (Lipinski definition) is 1. The molecule has 1 unspecified atom stereocenters. The van der Waals surface area contributed by atoms with Crippen molar-refractivity contribution >= 4 is 44.9 Å². The van der Waals surface area contributed by atoms with Gasteiger partial charge in [0.1, 0.15) is 4.70 Å². The highest BCUT2D eigenvalue weighted by Crippen LogP contribution is 2.29. The van der Waals surface area contributed by atoms with Gasteiger partial charge in [-0.3, -0.25) is 14.2 Å². The van der Waals surface area contributed by atoms with Crippen molar-refractivity contribution in [3.63, 3.8) is 0 Å². The number of amides is 1. The Labute approximate surface area is 173 Å². The predicted molar refractivity (Wildman–Crippen MR) is 119 cm³/mol. The standard InChI is InChI=1S/C21H25N3O2S2/c1-6-24-20(26)18-16(10-11-27-18)22-21(24)28-14(5)19(25)23-17-13(4)8-7-9-15(17)12(2)3/h7-12,14H,6H2,1-5H3,(H,23,25). The fraction of sp³-hybridized carbons (Fsp3) is 0.381. The molecule has 0 aliphatic rings. The highest BCUT2D eigenvalue weighted by Gasteiger charge is 2.21. The molecular weight excluding hydrogens is 390 g/mol. The molecule has 7 heteroatoms. The molecule has 1 aromatic carbocycles. The zero-order chi connectivity index (χ0) is 20.4. The summed E-state index contributed by atoms with van der Waals surface area (Å²) in [5.74, 6) is 0.217. The van der Waals surface area contributed by atoms with Crippen molar-refractivity contribution in [2.45, 2.75) is 57.5 Å². The molecule has 0 bridgehead atoms. The van der Waals surface area contributed by atoms with Gasteiger partial charge in [-0.15, -0.1) is 11.3 Å². The number of thioether (sulfide) groups is 1. The maximum atomic E-state index is 12.9. The summed E-state index contributed by atoms with van der Waals surface area (Å²) >= 11 is 2.72. The van der Waals surface area contributed by atoms with E-state index in [1.165, 1.54) is 23.1 Å². The van der Waals surface area contributed by atoms with Crippen LogP contribution >= 0.6 is 23.1 Å². The Kier molecular flexibility index (Phi) is 6.25. The number of rotatable bonds is 6. The molecule has 0 aliphatic carbocycles. The molecule has 3 rings (SSSR count). The normalized spacial score (nSPS) is 12.5. The van der Waals surface area contributed by atoms with Gasteiger partial charge in [0.25, 0.3) is 5.56 Å². The molecule has 1 N–H and O–H groups in total. The smallest absolute Gasteiger partial charge is 0.272 e. The first kappa shape index (κ1) is 20.6. The van der Waals surface area contributed by atoms with Crippen LogP contribution in [0.2, 0.25) is 0 Å². The van der Waals surface area contributed by atoms with Crippen molar-refractivity contribution in [3.05, 3.63) is 51.1 Å². The lowest BCUT2D eigenvalue weighted by atomic mass is 9.98. The molecule has 5 nitrogen and oxygen atoms in total. The fourth-order valence-electron chi connectivity index (χ4n) is 3.07. The molecule has 3 aromatic rings. The monoisotopic (exact) mass is 415 g/mol. The van der Waals surface area contributed by atoms with Gasteiger partial charge in [0.2, 0.25) is 5.91 Å². The molecule has 0 fully saturated rings. The summed E-state index contributed by atoms with van der Waals surface area (Å²) in [4.78, 5) is 30.2. The van der Waals surface area contributed by atoms with Gasteiger partial charge in [0, 0.05) is 12.2 Å². The number of nitrogens with zero attached hydrogens (tertiary/aromatic N) is 2. The third kappa shape index (κ3) is 4.00. The van der Waals surface area contributed by atoms with Crippen molar-refractivity contribution in [1.82, 2.24) is 9.55 Å². The molecule has 0 saturated carbocycles. The molecule has 0 spiro atoms. The largest absolute Gasteiger partial charge is 0.325 e. The van der Waals surface area contributed by atoms with E-state index in [4.69, 9.17) is 0 Å². The van der Waals surface area contributed by atoms with E-state index in [0.29, 0.717) is 27.8 Å². The number of nitrogens with one attached hydrogen (secondary N) is 1. The lowest BCUT2D eigenvalue weighted by molar-refractivity contribution is -0.115. The maximum Gasteiger partial charge on any atom is 0.272 e. The molecule has 2 aromatic heterocycles. The number of fused-ring (bicyclic) bond motifs is 1. The van der Waals surface area contributed by atoms with E-state index in [1.807, 2.05) is 50.4 Å². The SMILES string of the molecule is CCn1c(SC(C)C(=O)Nc2c(C)cccc2C(C)C)nc2ccsc2c1=O. The highest BCUT2D eigenvalue weighted by molar-refractivity contribution is 8.00. The number of aryl methyl sites for hydroxylation is 1. The Morgan fingerprint density at radius 2 is 2.04 bits per heavy atom. The van der Waals surface area contributed by atoms with Gasteiger partial charge in [-0.1, -0.05) is 43.8 Å². The number of carbonyl (C=O) groups excluding carboxylic acids is 1. The van der Waals surface area contributed by atoms with E-state index in [-0.39, 0.29) is 16.7 Å². The van der Waals surface area contributed by atoms with Crippen LogP contribution in [0.4, 0.5) is 5.69 Å². The second-order valence-electron chi connectivity index (χ2n) is 7.02. The number of aromatic nitrogens is 2. The first-order valence-corrected chi connectivity index (χ1v) is 11.1. The van der Waals surface area contributed by atoms with Crippen molar-refractivity contribution in [1.29, 1.82) is 0 Å². The van der Waals surface area contributed by atoms with E-state index in [9.17, 15) is 9.59 Å². The Balaban J connectivity index is 1.86. The highest BCUT2D eigenvalue weighted by atomic mass is 32.2. The zero-order valence-electron chi connectivity index (χ0n) is 16.8. The lowest BCUT2D eigenvalue weighted by Gasteiger charge is -2.19. The third-order valence-corrected chi connectivity index (χ3v) is 6.66.